The Morgan fingerprint density at radius 2 is 0.635 bits per heavy atom. The third-order valence-electron chi connectivity index (χ3n) is 15.4. The molecular weight excluding hydrogens is 911 g/mol. The number of allylic oxidation sites excluding steroid dienone is 5. The van der Waals surface area contributed by atoms with Crippen molar-refractivity contribution in [2.45, 2.75) is 373 Å². The summed E-state index contributed by atoms with van der Waals surface area (Å²) in [7, 11) is 0. The molecule has 436 valence electrons. The lowest BCUT2D eigenvalue weighted by Gasteiger charge is -2.20. The van der Waals surface area contributed by atoms with E-state index in [0.717, 1.165) is 64.2 Å². The second-order valence-electron chi connectivity index (χ2n) is 22.8. The molecule has 0 rings (SSSR count). The van der Waals surface area contributed by atoms with E-state index in [-0.39, 0.29) is 18.5 Å². The average Bonchev–Trinajstić information content (AvgIpc) is 3.40. The van der Waals surface area contributed by atoms with E-state index in [1.54, 1.807) is 6.08 Å². The maximum absolute atomic E-state index is 12.5. The lowest BCUT2D eigenvalue weighted by molar-refractivity contribution is -0.143. The molecule has 0 aliphatic carbocycles. The minimum atomic E-state index is -0.857. The molecule has 0 aromatic heterocycles. The number of unbranched alkanes of at least 4 members (excludes halogenated alkanes) is 47. The first kappa shape index (κ1) is 72.1. The fourth-order valence-electron chi connectivity index (χ4n) is 10.3. The van der Waals surface area contributed by atoms with Gasteiger partial charge in [-0.1, -0.05) is 301 Å². The number of hydrogen-bond acceptors (Lipinski definition) is 5. The van der Waals surface area contributed by atoms with Crippen molar-refractivity contribution >= 4 is 11.9 Å². The predicted octanol–water partition coefficient (Wildman–Crippen LogP) is 21.1. The molecule has 0 aromatic carbocycles. The maximum Gasteiger partial charge on any atom is 0.305 e. The van der Waals surface area contributed by atoms with Crippen LogP contribution in [0.3, 0.4) is 0 Å². The van der Waals surface area contributed by atoms with Crippen molar-refractivity contribution in [1.29, 1.82) is 0 Å². The molecule has 1 amide bonds. The van der Waals surface area contributed by atoms with Crippen LogP contribution in [0.25, 0.3) is 0 Å². The Bertz CT molecular complexity index is 1200. The van der Waals surface area contributed by atoms with Crippen molar-refractivity contribution in [1.82, 2.24) is 5.32 Å². The van der Waals surface area contributed by atoms with Gasteiger partial charge in [-0.15, -0.1) is 0 Å². The fraction of sp³-hybridized carbons (Fsp3) is 0.882. The summed E-state index contributed by atoms with van der Waals surface area (Å²) in [5.41, 5.74) is 0. The zero-order valence-electron chi connectivity index (χ0n) is 49.8. The Labute approximate surface area is 462 Å². The zero-order valence-corrected chi connectivity index (χ0v) is 49.8. The summed E-state index contributed by atoms with van der Waals surface area (Å²) in [6.45, 7) is 4.90. The molecule has 0 saturated carbocycles. The smallest absolute Gasteiger partial charge is 0.305 e. The quantitative estimate of drug-likeness (QED) is 0.0320. The Balaban J connectivity index is 3.48. The van der Waals surface area contributed by atoms with Crippen LogP contribution in [0.2, 0.25) is 0 Å². The number of carbonyl (C=O) groups excluding carboxylic acids is 2. The lowest BCUT2D eigenvalue weighted by atomic mass is 10.0. The first-order chi connectivity index (χ1) is 36.5. The van der Waals surface area contributed by atoms with Crippen molar-refractivity contribution in [3.8, 4) is 0 Å². The molecule has 2 unspecified atom stereocenters. The van der Waals surface area contributed by atoms with Crippen LogP contribution >= 0.6 is 0 Å². The van der Waals surface area contributed by atoms with Gasteiger partial charge in [-0.3, -0.25) is 9.59 Å². The summed E-state index contributed by atoms with van der Waals surface area (Å²) >= 11 is 0. The van der Waals surface area contributed by atoms with Gasteiger partial charge in [-0.05, 0) is 83.5 Å². The topological polar surface area (TPSA) is 95.9 Å². The van der Waals surface area contributed by atoms with Crippen LogP contribution in [-0.4, -0.2) is 47.4 Å². The highest BCUT2D eigenvalue weighted by molar-refractivity contribution is 5.76. The van der Waals surface area contributed by atoms with Crippen molar-refractivity contribution in [2.75, 3.05) is 13.2 Å². The SMILES string of the molecule is CCCCCCCCC/C=C\CCCCCCCCCC(=O)OCCCCCCCCC/C=C\CCCCCCCC(=O)NC(CO)C(O)/C=C/CCCCCCCCCCCCCCCCCCCCCCC. The number of hydrogen-bond donors (Lipinski definition) is 3. The molecule has 74 heavy (non-hydrogen) atoms. The van der Waals surface area contributed by atoms with E-state index in [0.29, 0.717) is 19.4 Å². The number of esters is 1. The van der Waals surface area contributed by atoms with E-state index in [2.05, 4.69) is 43.5 Å². The van der Waals surface area contributed by atoms with Gasteiger partial charge in [0.05, 0.1) is 25.4 Å². The molecule has 0 heterocycles. The van der Waals surface area contributed by atoms with E-state index in [9.17, 15) is 19.8 Å². The summed E-state index contributed by atoms with van der Waals surface area (Å²) in [6.07, 6.45) is 80.5. The monoisotopic (exact) mass is 1040 g/mol. The van der Waals surface area contributed by atoms with Crippen LogP contribution in [0.5, 0.6) is 0 Å². The standard InChI is InChI=1S/C68H129NO5/c1-3-5-7-9-11-13-15-17-19-21-23-24-25-26-27-28-32-36-40-44-48-52-56-60-66(71)65(64-70)69-67(72)61-57-53-49-45-41-37-33-30-31-35-39-43-47-51-55-59-63-74-68(73)62-58-54-50-46-42-38-34-29-22-20-18-16-14-12-10-8-6-4-2/h20,22,30,33,56,60,65-66,70-71H,3-19,21,23-29,31-32,34-55,57-59,61-64H2,1-2H3,(H,69,72)/b22-20-,33-30-,60-56+. The lowest BCUT2D eigenvalue weighted by Crippen LogP contribution is -2.45. The maximum atomic E-state index is 12.5. The number of aliphatic hydroxyl groups is 2. The predicted molar refractivity (Wildman–Crippen MR) is 324 cm³/mol. The Morgan fingerprint density at radius 1 is 0.365 bits per heavy atom. The van der Waals surface area contributed by atoms with Gasteiger partial charge in [0.1, 0.15) is 0 Å². The first-order valence-electron chi connectivity index (χ1n) is 33.3. The van der Waals surface area contributed by atoms with Crippen LogP contribution in [-0.2, 0) is 14.3 Å². The van der Waals surface area contributed by atoms with Gasteiger partial charge < -0.3 is 20.3 Å². The molecule has 0 aromatic rings. The second kappa shape index (κ2) is 63.6. The normalized spacial score (nSPS) is 12.8. The third kappa shape index (κ3) is 59.3. The fourth-order valence-corrected chi connectivity index (χ4v) is 10.3. The minimum absolute atomic E-state index is 0.00616. The average molecular weight is 1040 g/mol. The molecule has 3 N–H and O–H groups in total. The van der Waals surface area contributed by atoms with Gasteiger partial charge in [0.25, 0.3) is 0 Å². The highest BCUT2D eigenvalue weighted by atomic mass is 16.5. The highest BCUT2D eigenvalue weighted by Crippen LogP contribution is 2.18. The van der Waals surface area contributed by atoms with E-state index < -0.39 is 12.1 Å². The number of amides is 1. The second-order valence-corrected chi connectivity index (χ2v) is 22.8. The van der Waals surface area contributed by atoms with Crippen molar-refractivity contribution in [3.63, 3.8) is 0 Å². The van der Waals surface area contributed by atoms with E-state index in [4.69, 9.17) is 4.74 Å². The van der Waals surface area contributed by atoms with Gasteiger partial charge in [0.2, 0.25) is 5.91 Å². The van der Waals surface area contributed by atoms with Crippen LogP contribution < -0.4 is 5.32 Å². The van der Waals surface area contributed by atoms with Gasteiger partial charge in [0.15, 0.2) is 0 Å². The van der Waals surface area contributed by atoms with E-state index >= 15 is 0 Å². The van der Waals surface area contributed by atoms with Crippen molar-refractivity contribution in [2.24, 2.45) is 0 Å². The molecule has 0 aliphatic rings. The molecule has 0 fully saturated rings. The van der Waals surface area contributed by atoms with Crippen molar-refractivity contribution in [3.05, 3.63) is 36.5 Å². The summed E-state index contributed by atoms with van der Waals surface area (Å²) in [4.78, 5) is 24.6. The molecule has 6 nitrogen and oxygen atoms in total. The van der Waals surface area contributed by atoms with Gasteiger partial charge in [0, 0.05) is 12.8 Å². The van der Waals surface area contributed by atoms with Crippen LogP contribution in [0.4, 0.5) is 0 Å². The molecule has 0 spiro atoms. The highest BCUT2D eigenvalue weighted by Gasteiger charge is 2.18. The van der Waals surface area contributed by atoms with Crippen LogP contribution in [0.1, 0.15) is 361 Å². The summed E-state index contributed by atoms with van der Waals surface area (Å²) in [5, 5.41) is 23.2. The number of ether oxygens (including phenoxy) is 1. The van der Waals surface area contributed by atoms with Crippen LogP contribution in [0, 0.1) is 0 Å². The summed E-state index contributed by atoms with van der Waals surface area (Å²) in [5.74, 6) is -0.0882. The Hall–Kier alpha value is -1.92. The molecule has 0 aliphatic heterocycles. The summed E-state index contributed by atoms with van der Waals surface area (Å²) < 4.78 is 5.49. The molecule has 0 bridgehead atoms. The Morgan fingerprint density at radius 3 is 0.959 bits per heavy atom. The van der Waals surface area contributed by atoms with Gasteiger partial charge >= 0.3 is 5.97 Å². The number of rotatable bonds is 62. The Kier molecular flexibility index (Phi) is 62.0. The molecule has 0 saturated heterocycles. The summed E-state index contributed by atoms with van der Waals surface area (Å²) in [6, 6.07) is -0.642. The van der Waals surface area contributed by atoms with E-state index in [1.165, 1.54) is 270 Å². The van der Waals surface area contributed by atoms with Gasteiger partial charge in [-0.2, -0.15) is 0 Å². The largest absolute Gasteiger partial charge is 0.466 e. The van der Waals surface area contributed by atoms with Gasteiger partial charge in [-0.25, -0.2) is 0 Å². The molecule has 2 atom stereocenters. The zero-order chi connectivity index (χ0) is 53.6. The van der Waals surface area contributed by atoms with Crippen molar-refractivity contribution < 1.29 is 24.5 Å². The third-order valence-corrected chi connectivity index (χ3v) is 15.4. The number of aliphatic hydroxyl groups excluding tert-OH is 2. The van der Waals surface area contributed by atoms with Crippen LogP contribution in [0.15, 0.2) is 36.5 Å². The molecule has 0 radical (unpaired) electrons. The molecular formula is C68H129NO5. The number of nitrogens with one attached hydrogen (secondary N) is 1. The number of carbonyl (C=O) groups is 2. The first-order valence-corrected chi connectivity index (χ1v) is 33.3. The molecule has 6 heteroatoms. The minimum Gasteiger partial charge on any atom is -0.466 e. The van der Waals surface area contributed by atoms with E-state index in [1.807, 2.05) is 6.08 Å².